The molecule has 4 nitrogen and oxygen atoms in total. The standard InChI is InChI=1S/C15H26N2O2S/c1-5-7-10-17(6-2)20(18,19)15-9-8-13(3)14(11-15)12-16-4/h8-9,11,16H,5-7,10,12H2,1-4H3. The molecule has 5 heteroatoms. The van der Waals surface area contributed by atoms with Gasteiger partial charge in [0.1, 0.15) is 0 Å². The molecule has 0 saturated heterocycles. The summed E-state index contributed by atoms with van der Waals surface area (Å²) in [4.78, 5) is 0.395. The van der Waals surface area contributed by atoms with E-state index in [1.54, 1.807) is 16.4 Å². The van der Waals surface area contributed by atoms with Crippen LogP contribution in [0.5, 0.6) is 0 Å². The summed E-state index contributed by atoms with van der Waals surface area (Å²) in [5.41, 5.74) is 2.13. The number of aryl methyl sites for hydroxylation is 1. The molecule has 0 heterocycles. The summed E-state index contributed by atoms with van der Waals surface area (Å²) in [6.45, 7) is 7.73. The Labute approximate surface area is 123 Å². The molecule has 0 atom stereocenters. The summed E-state index contributed by atoms with van der Waals surface area (Å²) in [6.07, 6.45) is 1.88. The van der Waals surface area contributed by atoms with E-state index in [4.69, 9.17) is 0 Å². The van der Waals surface area contributed by atoms with Crippen molar-refractivity contribution in [3.8, 4) is 0 Å². The van der Waals surface area contributed by atoms with Crippen LogP contribution in [0.4, 0.5) is 0 Å². The highest BCUT2D eigenvalue weighted by Gasteiger charge is 2.22. The van der Waals surface area contributed by atoms with E-state index < -0.39 is 10.0 Å². The summed E-state index contributed by atoms with van der Waals surface area (Å²) in [6, 6.07) is 5.38. The van der Waals surface area contributed by atoms with Crippen molar-refractivity contribution in [3.05, 3.63) is 29.3 Å². The zero-order valence-electron chi connectivity index (χ0n) is 12.9. The van der Waals surface area contributed by atoms with Gasteiger partial charge in [0.2, 0.25) is 10.0 Å². The molecule has 0 amide bonds. The predicted molar refractivity (Wildman–Crippen MR) is 83.3 cm³/mol. The van der Waals surface area contributed by atoms with Gasteiger partial charge in [0.15, 0.2) is 0 Å². The molecule has 0 aromatic heterocycles. The van der Waals surface area contributed by atoms with Crippen molar-refractivity contribution in [1.29, 1.82) is 0 Å². The number of hydrogen-bond acceptors (Lipinski definition) is 3. The van der Waals surface area contributed by atoms with Crippen LogP contribution < -0.4 is 5.32 Å². The quantitative estimate of drug-likeness (QED) is 0.802. The molecule has 1 N–H and O–H groups in total. The first-order valence-corrected chi connectivity index (χ1v) is 8.65. The third-order valence-electron chi connectivity index (χ3n) is 3.44. The van der Waals surface area contributed by atoms with Crippen molar-refractivity contribution in [1.82, 2.24) is 9.62 Å². The van der Waals surface area contributed by atoms with Crippen LogP contribution in [0.25, 0.3) is 0 Å². The minimum Gasteiger partial charge on any atom is -0.316 e. The van der Waals surface area contributed by atoms with Gasteiger partial charge in [0.25, 0.3) is 0 Å². The number of unbranched alkanes of at least 4 members (excludes halogenated alkanes) is 1. The SMILES string of the molecule is CCCCN(CC)S(=O)(=O)c1ccc(C)c(CNC)c1. The van der Waals surface area contributed by atoms with E-state index in [1.807, 2.05) is 27.0 Å². The van der Waals surface area contributed by atoms with Gasteiger partial charge in [-0.2, -0.15) is 4.31 Å². The summed E-state index contributed by atoms with van der Waals surface area (Å²) in [7, 11) is -1.51. The van der Waals surface area contributed by atoms with Crippen molar-refractivity contribution >= 4 is 10.0 Å². The van der Waals surface area contributed by atoms with Crippen LogP contribution in [0, 0.1) is 6.92 Å². The first kappa shape index (κ1) is 17.1. The molecule has 1 aromatic carbocycles. The van der Waals surface area contributed by atoms with Gasteiger partial charge in [-0.1, -0.05) is 26.3 Å². The Bertz CT molecular complexity index is 527. The van der Waals surface area contributed by atoms with Crippen LogP contribution >= 0.6 is 0 Å². The maximum Gasteiger partial charge on any atom is 0.243 e. The van der Waals surface area contributed by atoms with Crippen LogP contribution in [0.3, 0.4) is 0 Å². The maximum atomic E-state index is 12.6. The topological polar surface area (TPSA) is 49.4 Å². The monoisotopic (exact) mass is 298 g/mol. The second kappa shape index (κ2) is 7.76. The van der Waals surface area contributed by atoms with Crippen LogP contribution in [-0.4, -0.2) is 32.9 Å². The van der Waals surface area contributed by atoms with Gasteiger partial charge < -0.3 is 5.32 Å². The number of rotatable bonds is 8. The number of nitrogens with zero attached hydrogens (tertiary/aromatic N) is 1. The molecule has 1 rings (SSSR count). The third-order valence-corrected chi connectivity index (χ3v) is 5.41. The lowest BCUT2D eigenvalue weighted by atomic mass is 10.1. The summed E-state index contributed by atoms with van der Waals surface area (Å²) in [5.74, 6) is 0. The molecule has 1 aromatic rings. The average Bonchev–Trinajstić information content (AvgIpc) is 2.42. The fraction of sp³-hybridized carbons (Fsp3) is 0.600. The fourth-order valence-electron chi connectivity index (χ4n) is 2.12. The zero-order valence-corrected chi connectivity index (χ0v) is 13.8. The largest absolute Gasteiger partial charge is 0.316 e. The summed E-state index contributed by atoms with van der Waals surface area (Å²) < 4.78 is 26.8. The molecule has 0 aliphatic rings. The third kappa shape index (κ3) is 4.04. The maximum absolute atomic E-state index is 12.6. The van der Waals surface area contributed by atoms with Crippen LogP contribution in [-0.2, 0) is 16.6 Å². The lowest BCUT2D eigenvalue weighted by Gasteiger charge is -2.21. The van der Waals surface area contributed by atoms with E-state index in [1.165, 1.54) is 0 Å². The van der Waals surface area contributed by atoms with Gasteiger partial charge in [-0.25, -0.2) is 8.42 Å². The minimum absolute atomic E-state index is 0.395. The van der Waals surface area contributed by atoms with E-state index in [9.17, 15) is 8.42 Å². The average molecular weight is 298 g/mol. The van der Waals surface area contributed by atoms with Crippen molar-refractivity contribution in [2.75, 3.05) is 20.1 Å². The number of hydrogen-bond donors (Lipinski definition) is 1. The molecule has 0 aliphatic carbocycles. The van der Waals surface area contributed by atoms with Gasteiger partial charge >= 0.3 is 0 Å². The molecular weight excluding hydrogens is 272 g/mol. The van der Waals surface area contributed by atoms with E-state index in [0.29, 0.717) is 24.5 Å². The molecule has 20 heavy (non-hydrogen) atoms. The van der Waals surface area contributed by atoms with E-state index in [0.717, 1.165) is 24.0 Å². The second-order valence-electron chi connectivity index (χ2n) is 4.97. The first-order chi connectivity index (χ1) is 9.47. The molecule has 0 unspecified atom stereocenters. The number of nitrogens with one attached hydrogen (secondary N) is 1. The highest BCUT2D eigenvalue weighted by Crippen LogP contribution is 2.20. The molecule has 0 bridgehead atoms. The van der Waals surface area contributed by atoms with Crippen molar-refractivity contribution < 1.29 is 8.42 Å². The van der Waals surface area contributed by atoms with Gasteiger partial charge in [-0.05, 0) is 43.7 Å². The lowest BCUT2D eigenvalue weighted by Crippen LogP contribution is -2.32. The Morgan fingerprint density at radius 2 is 1.95 bits per heavy atom. The van der Waals surface area contributed by atoms with Gasteiger partial charge in [0, 0.05) is 19.6 Å². The van der Waals surface area contributed by atoms with Crippen molar-refractivity contribution in [2.45, 2.75) is 45.1 Å². The molecule has 0 radical (unpaired) electrons. The molecule has 114 valence electrons. The van der Waals surface area contributed by atoms with Gasteiger partial charge in [0.05, 0.1) is 4.90 Å². The Morgan fingerprint density at radius 3 is 2.50 bits per heavy atom. The first-order valence-electron chi connectivity index (χ1n) is 7.21. The smallest absolute Gasteiger partial charge is 0.243 e. The second-order valence-corrected chi connectivity index (χ2v) is 6.91. The summed E-state index contributed by atoms with van der Waals surface area (Å²) in [5, 5.41) is 3.07. The van der Waals surface area contributed by atoms with Crippen molar-refractivity contribution in [3.63, 3.8) is 0 Å². The zero-order chi connectivity index (χ0) is 15.2. The van der Waals surface area contributed by atoms with E-state index >= 15 is 0 Å². The summed E-state index contributed by atoms with van der Waals surface area (Å²) >= 11 is 0. The molecule has 0 saturated carbocycles. The lowest BCUT2D eigenvalue weighted by molar-refractivity contribution is 0.419. The highest BCUT2D eigenvalue weighted by molar-refractivity contribution is 7.89. The van der Waals surface area contributed by atoms with Gasteiger partial charge in [-0.15, -0.1) is 0 Å². The Kier molecular flexibility index (Phi) is 6.65. The molecule has 0 aliphatic heterocycles. The van der Waals surface area contributed by atoms with E-state index in [-0.39, 0.29) is 0 Å². The van der Waals surface area contributed by atoms with Crippen LogP contribution in [0.1, 0.15) is 37.8 Å². The van der Waals surface area contributed by atoms with Gasteiger partial charge in [-0.3, -0.25) is 0 Å². The number of benzene rings is 1. The number of sulfonamides is 1. The van der Waals surface area contributed by atoms with Crippen LogP contribution in [0.15, 0.2) is 23.1 Å². The Morgan fingerprint density at radius 1 is 1.25 bits per heavy atom. The Hall–Kier alpha value is -0.910. The normalized spacial score (nSPS) is 12.1. The van der Waals surface area contributed by atoms with E-state index in [2.05, 4.69) is 12.2 Å². The highest BCUT2D eigenvalue weighted by atomic mass is 32.2. The molecular formula is C15H26N2O2S. The molecule has 0 fully saturated rings. The fourth-order valence-corrected chi connectivity index (χ4v) is 3.66. The van der Waals surface area contributed by atoms with Crippen molar-refractivity contribution in [2.24, 2.45) is 0 Å². The Balaban J connectivity index is 3.10. The van der Waals surface area contributed by atoms with Crippen LogP contribution in [0.2, 0.25) is 0 Å². The predicted octanol–water partition coefficient (Wildman–Crippen LogP) is 2.53. The molecule has 0 spiro atoms. The minimum atomic E-state index is -3.38.